The van der Waals surface area contributed by atoms with Crippen LogP contribution in [0.3, 0.4) is 0 Å². The van der Waals surface area contributed by atoms with Gasteiger partial charge in [-0.05, 0) is 42.5 Å². The molecule has 4 aromatic rings. The van der Waals surface area contributed by atoms with E-state index in [9.17, 15) is 22.8 Å². The van der Waals surface area contributed by atoms with Crippen molar-refractivity contribution < 1.29 is 22.7 Å². The zero-order chi connectivity index (χ0) is 24.5. The molecule has 0 saturated heterocycles. The van der Waals surface area contributed by atoms with Gasteiger partial charge in [-0.1, -0.05) is 35.9 Å². The number of para-hydroxylation sites is 1. The summed E-state index contributed by atoms with van der Waals surface area (Å²) in [6, 6.07) is 15.3. The molecule has 0 N–H and O–H groups in total. The number of fused-ring (bicyclic) bond motifs is 1. The summed E-state index contributed by atoms with van der Waals surface area (Å²) in [5.74, 6) is -0.531. The predicted octanol–water partition coefficient (Wildman–Crippen LogP) is 5.54. The number of alkyl halides is 3. The van der Waals surface area contributed by atoms with Crippen LogP contribution < -0.4 is 10.3 Å². The fourth-order valence-electron chi connectivity index (χ4n) is 3.24. The van der Waals surface area contributed by atoms with Crippen LogP contribution in [0.1, 0.15) is 18.1 Å². The van der Waals surface area contributed by atoms with Crippen LogP contribution in [0.4, 0.5) is 13.2 Å². The summed E-state index contributed by atoms with van der Waals surface area (Å²) in [5, 5.41) is 4.73. The molecule has 6 nitrogen and oxygen atoms in total. The molecule has 1 aromatic heterocycles. The van der Waals surface area contributed by atoms with Gasteiger partial charge in [0.15, 0.2) is 5.82 Å². The van der Waals surface area contributed by atoms with E-state index in [2.05, 4.69) is 10.1 Å². The Hall–Kier alpha value is -3.98. The Bertz CT molecular complexity index is 1500. The van der Waals surface area contributed by atoms with Crippen molar-refractivity contribution in [2.45, 2.75) is 13.1 Å². The zero-order valence-electron chi connectivity index (χ0n) is 17.5. The normalized spacial score (nSPS) is 11.8. The molecule has 0 atom stereocenters. The average molecular weight is 486 g/mol. The van der Waals surface area contributed by atoms with Crippen LogP contribution >= 0.6 is 11.6 Å². The van der Waals surface area contributed by atoms with Gasteiger partial charge in [-0.25, -0.2) is 4.98 Å². The maximum Gasteiger partial charge on any atom is 0.416 e. The van der Waals surface area contributed by atoms with Crippen molar-refractivity contribution in [3.8, 4) is 17.1 Å². The summed E-state index contributed by atoms with van der Waals surface area (Å²) in [6.45, 7) is 1.22. The number of benzene rings is 3. The number of carbonyl (C=O) groups is 1. The maximum atomic E-state index is 13.3. The van der Waals surface area contributed by atoms with Gasteiger partial charge in [-0.3, -0.25) is 9.59 Å². The maximum absolute atomic E-state index is 13.3. The van der Waals surface area contributed by atoms with Crippen molar-refractivity contribution in [3.05, 3.63) is 93.2 Å². The van der Waals surface area contributed by atoms with Crippen molar-refractivity contribution in [2.75, 3.05) is 0 Å². The van der Waals surface area contributed by atoms with Crippen molar-refractivity contribution in [3.63, 3.8) is 0 Å². The minimum atomic E-state index is -4.58. The van der Waals surface area contributed by atoms with Gasteiger partial charge < -0.3 is 4.74 Å². The Labute approximate surface area is 195 Å². The third-order valence-electron chi connectivity index (χ3n) is 4.74. The number of ether oxygens (including phenoxy) is 1. The molecule has 0 bridgehead atoms. The van der Waals surface area contributed by atoms with E-state index in [0.717, 1.165) is 16.8 Å². The second-order valence-electron chi connectivity index (χ2n) is 7.17. The summed E-state index contributed by atoms with van der Waals surface area (Å²) in [4.78, 5) is 29.1. The molecule has 0 amide bonds. The topological polar surface area (TPSA) is 73.5 Å². The van der Waals surface area contributed by atoms with Crippen LogP contribution in [0, 0.1) is 0 Å². The number of esters is 1. The first-order valence-electron chi connectivity index (χ1n) is 9.85. The third kappa shape index (κ3) is 4.84. The lowest BCUT2D eigenvalue weighted by Gasteiger charge is -2.12. The Balaban J connectivity index is 1.93. The summed E-state index contributed by atoms with van der Waals surface area (Å²) in [5.41, 5.74) is -0.867. The van der Waals surface area contributed by atoms with Crippen molar-refractivity contribution >= 4 is 34.7 Å². The highest BCUT2D eigenvalue weighted by Crippen LogP contribution is 2.32. The van der Waals surface area contributed by atoms with Gasteiger partial charge >= 0.3 is 12.1 Å². The molecule has 1 heterocycles. The highest BCUT2D eigenvalue weighted by Gasteiger charge is 2.31. The number of halogens is 4. The number of rotatable bonds is 4. The highest BCUT2D eigenvalue weighted by atomic mass is 35.5. The average Bonchev–Trinajstić information content (AvgIpc) is 2.79. The molecular weight excluding hydrogens is 471 g/mol. The van der Waals surface area contributed by atoms with Crippen LogP contribution in [0.2, 0.25) is 5.02 Å². The van der Waals surface area contributed by atoms with Crippen LogP contribution in [0.25, 0.3) is 22.3 Å². The molecule has 0 aliphatic carbocycles. The Morgan fingerprint density at radius 3 is 2.59 bits per heavy atom. The first-order valence-corrected chi connectivity index (χ1v) is 10.2. The lowest BCUT2D eigenvalue weighted by atomic mass is 10.1. The second kappa shape index (κ2) is 9.11. The van der Waals surface area contributed by atoms with E-state index >= 15 is 0 Å². The third-order valence-corrected chi connectivity index (χ3v) is 4.97. The van der Waals surface area contributed by atoms with Gasteiger partial charge in [0.25, 0.3) is 5.56 Å². The molecule has 4 rings (SSSR count). The number of carbonyl (C=O) groups excluding carboxylic acids is 1. The largest absolute Gasteiger partial charge is 0.426 e. The van der Waals surface area contributed by atoms with E-state index in [1.165, 1.54) is 49.5 Å². The lowest BCUT2D eigenvalue weighted by molar-refractivity contribution is -0.137. The molecule has 0 spiro atoms. The van der Waals surface area contributed by atoms with Crippen molar-refractivity contribution in [2.24, 2.45) is 5.10 Å². The SMILES string of the molecule is CC(=O)Oc1ccc(Cl)cc1C=Nn1c(-c2cccc(C(F)(F)F)c2)nc2ccccc2c1=O. The Kier molecular flexibility index (Phi) is 6.21. The van der Waals surface area contributed by atoms with Gasteiger partial charge in [-0.15, -0.1) is 0 Å². The van der Waals surface area contributed by atoms with Gasteiger partial charge in [0.05, 0.1) is 22.7 Å². The summed E-state index contributed by atoms with van der Waals surface area (Å²) in [6.07, 6.45) is -3.36. The molecule has 3 aromatic carbocycles. The van der Waals surface area contributed by atoms with Crippen LogP contribution in [-0.2, 0) is 11.0 Å². The van der Waals surface area contributed by atoms with E-state index in [0.29, 0.717) is 10.5 Å². The molecule has 0 saturated carbocycles. The Morgan fingerprint density at radius 2 is 1.85 bits per heavy atom. The van der Waals surface area contributed by atoms with Gasteiger partial charge in [-0.2, -0.15) is 22.9 Å². The van der Waals surface area contributed by atoms with E-state index in [4.69, 9.17) is 16.3 Å². The minimum absolute atomic E-state index is 0.0427. The van der Waals surface area contributed by atoms with Crippen molar-refractivity contribution in [1.29, 1.82) is 0 Å². The predicted molar refractivity (Wildman–Crippen MR) is 122 cm³/mol. The lowest BCUT2D eigenvalue weighted by Crippen LogP contribution is -2.20. The van der Waals surface area contributed by atoms with E-state index in [1.54, 1.807) is 18.2 Å². The van der Waals surface area contributed by atoms with Crippen molar-refractivity contribution in [1.82, 2.24) is 9.66 Å². The van der Waals surface area contributed by atoms with E-state index < -0.39 is 23.3 Å². The summed E-state index contributed by atoms with van der Waals surface area (Å²) in [7, 11) is 0. The fraction of sp³-hybridized carbons (Fsp3) is 0.0833. The fourth-order valence-corrected chi connectivity index (χ4v) is 3.42. The van der Waals surface area contributed by atoms with Gasteiger partial charge in [0.1, 0.15) is 5.75 Å². The highest BCUT2D eigenvalue weighted by molar-refractivity contribution is 6.30. The first kappa shape index (κ1) is 23.2. The number of nitrogens with zero attached hydrogens (tertiary/aromatic N) is 3. The molecular formula is C24H15ClF3N3O3. The summed E-state index contributed by atoms with van der Waals surface area (Å²) < 4.78 is 45.9. The van der Waals surface area contributed by atoms with Crippen LogP contribution in [0.5, 0.6) is 5.75 Å². The molecule has 0 aliphatic rings. The Morgan fingerprint density at radius 1 is 1.09 bits per heavy atom. The zero-order valence-corrected chi connectivity index (χ0v) is 18.3. The number of hydrogen-bond acceptors (Lipinski definition) is 5. The first-order chi connectivity index (χ1) is 16.1. The molecule has 0 fully saturated rings. The second-order valence-corrected chi connectivity index (χ2v) is 7.60. The minimum Gasteiger partial charge on any atom is -0.426 e. The monoisotopic (exact) mass is 485 g/mol. The molecule has 0 radical (unpaired) electrons. The molecule has 0 aliphatic heterocycles. The number of hydrogen-bond donors (Lipinski definition) is 0. The molecule has 34 heavy (non-hydrogen) atoms. The number of aromatic nitrogens is 2. The smallest absolute Gasteiger partial charge is 0.416 e. The summed E-state index contributed by atoms with van der Waals surface area (Å²) >= 11 is 6.04. The molecule has 10 heteroatoms. The van der Waals surface area contributed by atoms with Gasteiger partial charge in [0.2, 0.25) is 0 Å². The van der Waals surface area contributed by atoms with Gasteiger partial charge in [0, 0.05) is 23.1 Å². The van der Waals surface area contributed by atoms with E-state index in [1.807, 2.05) is 0 Å². The molecule has 172 valence electrons. The van der Waals surface area contributed by atoms with Crippen LogP contribution in [0.15, 0.2) is 76.6 Å². The quantitative estimate of drug-likeness (QED) is 0.216. The molecule has 0 unspecified atom stereocenters. The van der Waals surface area contributed by atoms with Crippen LogP contribution in [-0.4, -0.2) is 21.8 Å². The standard InChI is InChI=1S/C24H15ClF3N3O3/c1-14(32)34-21-10-9-18(25)12-16(21)13-29-31-22(15-5-4-6-17(11-15)24(26,27)28)30-20-8-3-2-7-19(20)23(31)33/h2-13H,1H3. The van der Waals surface area contributed by atoms with E-state index in [-0.39, 0.29) is 28.1 Å².